The fraction of sp³-hybridized carbons (Fsp3) is 0.600. The Morgan fingerprint density at radius 1 is 1.06 bits per heavy atom. The lowest BCUT2D eigenvalue weighted by molar-refractivity contribution is 0.162. The van der Waals surface area contributed by atoms with E-state index in [0.29, 0.717) is 5.56 Å². The monoisotopic (exact) mass is 254 g/mol. The molecule has 0 atom stereocenters. The first-order chi connectivity index (χ1) is 8.23. The second-order valence-electron chi connectivity index (χ2n) is 5.19. The van der Waals surface area contributed by atoms with E-state index in [1.807, 2.05) is 19.9 Å². The summed E-state index contributed by atoms with van der Waals surface area (Å²) in [6.45, 7) is 13.7. The smallest absolute Gasteiger partial charge is 0.160 e. The number of benzene rings is 1. The lowest BCUT2D eigenvalue weighted by atomic mass is 9.86. The Morgan fingerprint density at radius 2 is 1.56 bits per heavy atom. The van der Waals surface area contributed by atoms with Gasteiger partial charge in [0.25, 0.3) is 0 Å². The quantitative estimate of drug-likeness (QED) is 0.790. The van der Waals surface area contributed by atoms with Gasteiger partial charge in [-0.3, -0.25) is 0 Å². The summed E-state index contributed by atoms with van der Waals surface area (Å²) in [5, 5.41) is 18.7. The van der Waals surface area contributed by atoms with Crippen LogP contribution in [0, 0.1) is 6.92 Å². The molecule has 18 heavy (non-hydrogen) atoms. The third kappa shape index (κ3) is 5.41. The maximum Gasteiger partial charge on any atom is 0.160 e. The maximum atomic E-state index is 9.39. The van der Waals surface area contributed by atoms with Gasteiger partial charge in [0.1, 0.15) is 0 Å². The van der Waals surface area contributed by atoms with E-state index in [4.69, 9.17) is 4.74 Å². The Kier molecular flexibility index (Phi) is 6.77. The van der Waals surface area contributed by atoms with Gasteiger partial charge in [-0.05, 0) is 43.4 Å². The van der Waals surface area contributed by atoms with Crippen LogP contribution >= 0.6 is 0 Å². The highest BCUT2D eigenvalue weighted by Gasteiger charge is 2.16. The molecule has 0 aliphatic heterocycles. The molecule has 0 fully saturated rings. The molecule has 2 N–H and O–H groups in total. The van der Waals surface area contributed by atoms with Crippen molar-refractivity contribution < 1.29 is 14.9 Å². The van der Waals surface area contributed by atoms with Crippen molar-refractivity contribution in [2.75, 3.05) is 13.2 Å². The fourth-order valence-corrected chi connectivity index (χ4v) is 1.40. The highest BCUT2D eigenvalue weighted by molar-refractivity contribution is 5.48. The minimum atomic E-state index is -0.0371. The number of hydrogen-bond donors (Lipinski definition) is 2. The molecule has 3 nitrogen and oxygen atoms in total. The first kappa shape index (κ1) is 16.8. The predicted molar refractivity (Wildman–Crippen MR) is 75.4 cm³/mol. The van der Waals surface area contributed by atoms with Crippen molar-refractivity contribution in [3.8, 4) is 11.5 Å². The zero-order valence-electron chi connectivity index (χ0n) is 12.4. The van der Waals surface area contributed by atoms with Crippen molar-refractivity contribution in [1.82, 2.24) is 0 Å². The van der Waals surface area contributed by atoms with E-state index in [9.17, 15) is 10.2 Å². The second-order valence-corrected chi connectivity index (χ2v) is 5.19. The predicted octanol–water partition coefficient (Wildman–Crippen LogP) is 3.75. The van der Waals surface area contributed by atoms with E-state index in [1.165, 1.54) is 0 Å². The first-order valence-corrected chi connectivity index (χ1v) is 6.34. The molecule has 0 saturated heterocycles. The van der Waals surface area contributed by atoms with Crippen LogP contribution in [0.25, 0.3) is 0 Å². The molecule has 0 radical (unpaired) electrons. The molecule has 0 unspecified atom stereocenters. The van der Waals surface area contributed by atoms with Crippen LogP contribution in [0.2, 0.25) is 0 Å². The minimum Gasteiger partial charge on any atom is -0.504 e. The van der Waals surface area contributed by atoms with Crippen LogP contribution in [-0.4, -0.2) is 23.4 Å². The van der Waals surface area contributed by atoms with Crippen molar-refractivity contribution in [2.45, 2.75) is 47.0 Å². The summed E-state index contributed by atoms with van der Waals surface area (Å²) in [7, 11) is 0. The molecule has 0 bridgehead atoms. The SMILES string of the molecule is CCOCC.Cc1cc(C(C)(C)C)cc(O)c1O. The Hall–Kier alpha value is -1.22. The average Bonchev–Trinajstić information content (AvgIpc) is 2.26. The van der Waals surface area contributed by atoms with Crippen molar-refractivity contribution in [2.24, 2.45) is 0 Å². The van der Waals surface area contributed by atoms with E-state index in [1.54, 1.807) is 13.0 Å². The molecule has 1 rings (SSSR count). The zero-order valence-corrected chi connectivity index (χ0v) is 12.4. The van der Waals surface area contributed by atoms with Crippen LogP contribution in [0.3, 0.4) is 0 Å². The maximum absolute atomic E-state index is 9.39. The van der Waals surface area contributed by atoms with Gasteiger partial charge in [-0.1, -0.05) is 26.8 Å². The van der Waals surface area contributed by atoms with Gasteiger partial charge in [-0.15, -0.1) is 0 Å². The van der Waals surface area contributed by atoms with Gasteiger partial charge in [0.2, 0.25) is 0 Å². The summed E-state index contributed by atoms with van der Waals surface area (Å²) >= 11 is 0. The fourth-order valence-electron chi connectivity index (χ4n) is 1.40. The van der Waals surface area contributed by atoms with E-state index >= 15 is 0 Å². The second kappa shape index (κ2) is 7.27. The lowest BCUT2D eigenvalue weighted by Crippen LogP contribution is -2.10. The number of phenolic OH excluding ortho intramolecular Hbond substituents is 2. The van der Waals surface area contributed by atoms with Crippen molar-refractivity contribution in [3.05, 3.63) is 23.3 Å². The Bertz CT molecular complexity index is 339. The van der Waals surface area contributed by atoms with Crippen molar-refractivity contribution in [1.29, 1.82) is 0 Å². The normalized spacial score (nSPS) is 10.8. The van der Waals surface area contributed by atoms with Crippen LogP contribution in [0.15, 0.2) is 12.1 Å². The van der Waals surface area contributed by atoms with Crippen LogP contribution < -0.4 is 0 Å². The van der Waals surface area contributed by atoms with Crippen LogP contribution in [0.4, 0.5) is 0 Å². The number of rotatable bonds is 2. The van der Waals surface area contributed by atoms with Gasteiger partial charge in [0.05, 0.1) is 0 Å². The van der Waals surface area contributed by atoms with E-state index in [0.717, 1.165) is 18.8 Å². The van der Waals surface area contributed by atoms with Gasteiger partial charge in [0.15, 0.2) is 11.5 Å². The summed E-state index contributed by atoms with van der Waals surface area (Å²) in [5.74, 6) is -0.0575. The zero-order chi connectivity index (χ0) is 14.3. The number of aryl methyl sites for hydroxylation is 1. The molecule has 104 valence electrons. The van der Waals surface area contributed by atoms with Gasteiger partial charge < -0.3 is 14.9 Å². The summed E-state index contributed by atoms with van der Waals surface area (Å²) in [5.41, 5.74) is 1.74. The highest BCUT2D eigenvalue weighted by Crippen LogP contribution is 2.34. The van der Waals surface area contributed by atoms with Crippen LogP contribution in [0.5, 0.6) is 11.5 Å². The van der Waals surface area contributed by atoms with E-state index in [2.05, 4.69) is 20.8 Å². The molecule has 1 aromatic rings. The lowest BCUT2D eigenvalue weighted by Gasteiger charge is -2.20. The first-order valence-electron chi connectivity index (χ1n) is 6.34. The molecule has 1 aromatic carbocycles. The summed E-state index contributed by atoms with van der Waals surface area (Å²) in [6, 6.07) is 3.51. The third-order valence-electron chi connectivity index (χ3n) is 2.55. The molecule has 0 amide bonds. The minimum absolute atomic E-state index is 0.00403. The standard InChI is InChI=1S/C11H16O2.C4H10O/c1-7-5-8(11(2,3)4)6-9(12)10(7)13;1-3-5-4-2/h5-6,12-13H,1-4H3;3-4H2,1-2H3. The molecular formula is C15H26O3. The van der Waals surface area contributed by atoms with Crippen LogP contribution in [0.1, 0.15) is 45.7 Å². The largest absolute Gasteiger partial charge is 0.504 e. The van der Waals surface area contributed by atoms with Gasteiger partial charge >= 0.3 is 0 Å². The molecule has 0 aromatic heterocycles. The molecule has 3 heteroatoms. The number of aromatic hydroxyl groups is 2. The van der Waals surface area contributed by atoms with Gasteiger partial charge in [-0.2, -0.15) is 0 Å². The molecule has 0 heterocycles. The Morgan fingerprint density at radius 3 is 1.83 bits per heavy atom. The van der Waals surface area contributed by atoms with E-state index < -0.39 is 0 Å². The molecular weight excluding hydrogens is 228 g/mol. The average molecular weight is 254 g/mol. The van der Waals surface area contributed by atoms with Crippen LogP contribution in [-0.2, 0) is 10.2 Å². The molecule has 0 aliphatic rings. The molecule has 0 saturated carbocycles. The Labute approximate surface area is 110 Å². The molecule has 0 aliphatic carbocycles. The Balaban J connectivity index is 0.000000494. The van der Waals surface area contributed by atoms with Crippen molar-refractivity contribution >= 4 is 0 Å². The third-order valence-corrected chi connectivity index (χ3v) is 2.55. The number of hydrogen-bond acceptors (Lipinski definition) is 3. The van der Waals surface area contributed by atoms with Gasteiger partial charge in [0, 0.05) is 13.2 Å². The van der Waals surface area contributed by atoms with E-state index in [-0.39, 0.29) is 16.9 Å². The number of ether oxygens (including phenoxy) is 1. The topological polar surface area (TPSA) is 49.7 Å². The molecule has 0 spiro atoms. The highest BCUT2D eigenvalue weighted by atomic mass is 16.5. The summed E-state index contributed by atoms with van der Waals surface area (Å²) in [6.07, 6.45) is 0. The van der Waals surface area contributed by atoms with Crippen molar-refractivity contribution in [3.63, 3.8) is 0 Å². The summed E-state index contributed by atoms with van der Waals surface area (Å²) < 4.78 is 4.83. The number of phenols is 2. The van der Waals surface area contributed by atoms with Gasteiger partial charge in [-0.25, -0.2) is 0 Å². The summed E-state index contributed by atoms with van der Waals surface area (Å²) in [4.78, 5) is 0.